The zero-order valence-electron chi connectivity index (χ0n) is 17.8. The van der Waals surface area contributed by atoms with Gasteiger partial charge in [-0.05, 0) is 54.3 Å². The van der Waals surface area contributed by atoms with Crippen LogP contribution in [0.25, 0.3) is 0 Å². The fourth-order valence-electron chi connectivity index (χ4n) is 3.38. The van der Waals surface area contributed by atoms with Crippen LogP contribution >= 0.6 is 11.6 Å². The van der Waals surface area contributed by atoms with Gasteiger partial charge in [-0.1, -0.05) is 37.6 Å². The number of nitrogens with zero attached hydrogens (tertiary/aromatic N) is 2. The third-order valence-electron chi connectivity index (χ3n) is 5.60. The number of hydrogen-bond donors (Lipinski definition) is 2. The summed E-state index contributed by atoms with van der Waals surface area (Å²) >= 11 is 5.96. The highest BCUT2D eigenvalue weighted by Crippen LogP contribution is 2.30. The lowest BCUT2D eigenvalue weighted by atomic mass is 9.84. The van der Waals surface area contributed by atoms with E-state index in [9.17, 15) is 14.0 Å². The molecule has 1 aliphatic heterocycles. The van der Waals surface area contributed by atoms with Crippen molar-refractivity contribution >= 4 is 29.4 Å². The molecule has 1 aliphatic rings. The molecule has 2 aromatic rings. The largest absolute Gasteiger partial charge is 0.369 e. The summed E-state index contributed by atoms with van der Waals surface area (Å²) in [6.45, 7) is 6.16. The molecule has 0 saturated heterocycles. The summed E-state index contributed by atoms with van der Waals surface area (Å²) < 4.78 is 14.2. The lowest BCUT2D eigenvalue weighted by Crippen LogP contribution is -2.51. The van der Waals surface area contributed by atoms with Gasteiger partial charge >= 0.3 is 0 Å². The van der Waals surface area contributed by atoms with Crippen LogP contribution in [-0.2, 0) is 17.9 Å². The van der Waals surface area contributed by atoms with E-state index in [-0.39, 0.29) is 42.9 Å². The van der Waals surface area contributed by atoms with E-state index in [1.54, 1.807) is 24.3 Å². The average molecular weight is 445 g/mol. The molecule has 0 saturated carbocycles. The van der Waals surface area contributed by atoms with Crippen LogP contribution in [0.3, 0.4) is 0 Å². The molecule has 31 heavy (non-hydrogen) atoms. The Kier molecular flexibility index (Phi) is 6.65. The second-order valence-corrected chi connectivity index (χ2v) is 8.74. The predicted octanol–water partition coefficient (Wildman–Crippen LogP) is 3.87. The molecule has 0 bridgehead atoms. The van der Waals surface area contributed by atoms with E-state index in [2.05, 4.69) is 10.3 Å². The summed E-state index contributed by atoms with van der Waals surface area (Å²) in [5.41, 5.74) is 6.93. The Bertz CT molecular complexity index is 1040. The maximum atomic E-state index is 14.2. The highest BCUT2D eigenvalue weighted by Gasteiger charge is 2.38. The van der Waals surface area contributed by atoms with Gasteiger partial charge in [-0.25, -0.2) is 9.38 Å². The Balaban J connectivity index is 1.75. The fraction of sp³-hybridized carbons (Fsp3) is 0.348. The molecule has 8 heteroatoms. The van der Waals surface area contributed by atoms with Gasteiger partial charge in [0.25, 0.3) is 5.91 Å². The molecule has 164 valence electrons. The first-order valence-electron chi connectivity index (χ1n) is 10.1. The van der Waals surface area contributed by atoms with Crippen molar-refractivity contribution in [2.24, 2.45) is 16.6 Å². The number of rotatable bonds is 6. The first-order chi connectivity index (χ1) is 14.6. The molecule has 0 fully saturated rings. The number of guanidine groups is 1. The third-order valence-corrected chi connectivity index (χ3v) is 5.84. The molecule has 2 aromatic carbocycles. The summed E-state index contributed by atoms with van der Waals surface area (Å²) in [6.07, 6.45) is 0.216. The van der Waals surface area contributed by atoms with Crippen LogP contribution in [-0.4, -0.2) is 28.2 Å². The van der Waals surface area contributed by atoms with Gasteiger partial charge in [-0.2, -0.15) is 0 Å². The zero-order chi connectivity index (χ0) is 22.8. The van der Waals surface area contributed by atoms with Gasteiger partial charge in [-0.3, -0.25) is 14.5 Å². The van der Waals surface area contributed by atoms with Gasteiger partial charge in [0.15, 0.2) is 5.96 Å². The standard InChI is InChI=1S/C23H26ClFN4O2/c1-14(2)23(3)11-20(30)29(22(26)28-23)13-16-7-17(10-19(25)9-16)21(31)27-12-15-5-4-6-18(24)8-15/h4-10,14H,11-13H2,1-3H3,(H2,26,28)(H,27,31)/t23-/m0/s1. The lowest BCUT2D eigenvalue weighted by Gasteiger charge is -2.37. The Labute approximate surface area is 186 Å². The Hall–Kier alpha value is -2.93. The summed E-state index contributed by atoms with van der Waals surface area (Å²) in [7, 11) is 0. The number of amides is 2. The molecule has 0 radical (unpaired) electrons. The van der Waals surface area contributed by atoms with Gasteiger partial charge in [0.05, 0.1) is 18.5 Å². The zero-order valence-corrected chi connectivity index (χ0v) is 18.5. The van der Waals surface area contributed by atoms with E-state index >= 15 is 0 Å². The predicted molar refractivity (Wildman–Crippen MR) is 119 cm³/mol. The summed E-state index contributed by atoms with van der Waals surface area (Å²) in [6, 6.07) is 11.1. The Morgan fingerprint density at radius 1 is 1.29 bits per heavy atom. The van der Waals surface area contributed by atoms with Crippen LogP contribution < -0.4 is 11.1 Å². The molecule has 1 heterocycles. The quantitative estimate of drug-likeness (QED) is 0.708. The molecule has 0 spiro atoms. The van der Waals surface area contributed by atoms with Crippen LogP contribution in [0.15, 0.2) is 47.5 Å². The van der Waals surface area contributed by atoms with Gasteiger partial charge in [0.2, 0.25) is 5.91 Å². The lowest BCUT2D eigenvalue weighted by molar-refractivity contribution is -0.130. The van der Waals surface area contributed by atoms with Crippen molar-refractivity contribution in [2.75, 3.05) is 0 Å². The van der Waals surface area contributed by atoms with E-state index < -0.39 is 17.3 Å². The van der Waals surface area contributed by atoms with Crippen LogP contribution in [0.4, 0.5) is 4.39 Å². The number of carbonyl (C=O) groups excluding carboxylic acids is 2. The van der Waals surface area contributed by atoms with E-state index in [4.69, 9.17) is 17.3 Å². The molecular formula is C23H26ClFN4O2. The normalized spacial score (nSPS) is 18.8. The monoisotopic (exact) mass is 444 g/mol. The maximum Gasteiger partial charge on any atom is 0.251 e. The Morgan fingerprint density at radius 3 is 2.68 bits per heavy atom. The van der Waals surface area contributed by atoms with E-state index in [0.29, 0.717) is 10.6 Å². The van der Waals surface area contributed by atoms with E-state index in [1.165, 1.54) is 11.0 Å². The van der Waals surface area contributed by atoms with Crippen LogP contribution in [0.5, 0.6) is 0 Å². The van der Waals surface area contributed by atoms with Crippen molar-refractivity contribution in [1.29, 1.82) is 0 Å². The fourth-order valence-corrected chi connectivity index (χ4v) is 3.59. The molecule has 3 N–H and O–H groups in total. The minimum Gasteiger partial charge on any atom is -0.369 e. The highest BCUT2D eigenvalue weighted by atomic mass is 35.5. The maximum absolute atomic E-state index is 14.2. The number of hydrogen-bond acceptors (Lipinski definition) is 4. The van der Waals surface area contributed by atoms with Gasteiger partial charge in [0.1, 0.15) is 5.82 Å². The molecule has 1 atom stereocenters. The highest BCUT2D eigenvalue weighted by molar-refractivity contribution is 6.30. The minimum absolute atomic E-state index is 0.0364. The van der Waals surface area contributed by atoms with Crippen LogP contribution in [0.1, 0.15) is 48.7 Å². The first-order valence-corrected chi connectivity index (χ1v) is 10.4. The van der Waals surface area contributed by atoms with Gasteiger partial charge in [-0.15, -0.1) is 0 Å². The second kappa shape index (κ2) is 9.06. The molecular weight excluding hydrogens is 419 g/mol. The number of carbonyl (C=O) groups is 2. The number of halogens is 2. The minimum atomic E-state index is -0.572. The van der Waals surface area contributed by atoms with Crippen LogP contribution in [0.2, 0.25) is 5.02 Å². The summed E-state index contributed by atoms with van der Waals surface area (Å²) in [5, 5.41) is 3.32. The second-order valence-electron chi connectivity index (χ2n) is 8.30. The van der Waals surface area contributed by atoms with Crippen LogP contribution in [0, 0.1) is 11.7 Å². The van der Waals surface area contributed by atoms with Crippen molar-refractivity contribution < 1.29 is 14.0 Å². The number of benzene rings is 2. The van der Waals surface area contributed by atoms with E-state index in [1.807, 2.05) is 26.8 Å². The molecule has 3 rings (SSSR count). The molecule has 0 aliphatic carbocycles. The van der Waals surface area contributed by atoms with Crippen molar-refractivity contribution in [3.63, 3.8) is 0 Å². The van der Waals surface area contributed by atoms with Gasteiger partial charge < -0.3 is 11.1 Å². The van der Waals surface area contributed by atoms with E-state index in [0.717, 1.165) is 11.6 Å². The van der Waals surface area contributed by atoms with Crippen molar-refractivity contribution in [2.45, 2.75) is 45.8 Å². The van der Waals surface area contributed by atoms with Crippen molar-refractivity contribution in [1.82, 2.24) is 10.2 Å². The number of aliphatic imine (C=N–C) groups is 1. The molecule has 0 aromatic heterocycles. The smallest absolute Gasteiger partial charge is 0.251 e. The Morgan fingerprint density at radius 2 is 2.03 bits per heavy atom. The molecule has 0 unspecified atom stereocenters. The third kappa shape index (κ3) is 5.41. The number of nitrogens with one attached hydrogen (secondary N) is 1. The SMILES string of the molecule is CC(C)[C@]1(C)CC(=O)N(Cc2cc(F)cc(C(=O)NCc3cccc(Cl)c3)c2)C(N)=N1. The topological polar surface area (TPSA) is 87.8 Å². The molecule has 6 nitrogen and oxygen atoms in total. The first kappa shape index (κ1) is 22.7. The van der Waals surface area contributed by atoms with Crippen molar-refractivity contribution in [3.8, 4) is 0 Å². The summed E-state index contributed by atoms with van der Waals surface area (Å²) in [4.78, 5) is 31.1. The van der Waals surface area contributed by atoms with Crippen molar-refractivity contribution in [3.05, 3.63) is 70.0 Å². The molecule has 2 amide bonds. The summed E-state index contributed by atoms with van der Waals surface area (Å²) in [5.74, 6) is -0.943. The average Bonchev–Trinajstić information content (AvgIpc) is 2.68. The number of nitrogens with two attached hydrogens (primary N) is 1. The van der Waals surface area contributed by atoms with Gasteiger partial charge in [0, 0.05) is 17.1 Å².